The van der Waals surface area contributed by atoms with Gasteiger partial charge >= 0.3 is 108 Å². The van der Waals surface area contributed by atoms with Gasteiger partial charge in [-0.2, -0.15) is 123 Å². The molecule has 6 atom stereocenters. The number of fused-ring (bicyclic) bond motifs is 2. The van der Waals surface area contributed by atoms with Crippen molar-refractivity contribution < 1.29 is 180 Å². The molecule has 2 heterocycles. The third-order valence-corrected chi connectivity index (χ3v) is 8.37. The van der Waals surface area contributed by atoms with Crippen molar-refractivity contribution in [1.82, 2.24) is 5.32 Å². The van der Waals surface area contributed by atoms with Gasteiger partial charge in [0.05, 0.1) is 12.5 Å². The summed E-state index contributed by atoms with van der Waals surface area (Å²) < 4.78 is 402. The number of hydrogen-bond donors (Lipinski definition) is 1. The molecule has 68 heavy (non-hydrogen) atoms. The Balaban J connectivity index is 3.16. The van der Waals surface area contributed by atoms with Crippen molar-refractivity contribution in [2.45, 2.75) is 122 Å². The quantitative estimate of drug-likeness (QED) is 0.113. The van der Waals surface area contributed by atoms with Crippen LogP contribution in [0.4, 0.5) is 123 Å². The number of amides is 1. The third kappa shape index (κ3) is 9.83. The van der Waals surface area contributed by atoms with Gasteiger partial charge < -0.3 is 33.7 Å². The maximum atomic E-state index is 14.5. The third-order valence-electron chi connectivity index (χ3n) is 8.37. The van der Waals surface area contributed by atoms with Gasteiger partial charge in [0.25, 0.3) is 5.91 Å². The monoisotopic (exact) mass is 1070 g/mol. The molecular formula is C27H13F28NO12. The molecule has 0 aromatic carbocycles. The zero-order chi connectivity index (χ0) is 54.2. The Morgan fingerprint density at radius 2 is 0.956 bits per heavy atom. The highest BCUT2D eigenvalue weighted by molar-refractivity contribution is 5.88. The van der Waals surface area contributed by atoms with Gasteiger partial charge in [0.1, 0.15) is 18.8 Å². The van der Waals surface area contributed by atoms with Gasteiger partial charge in [-0.3, -0.25) is 9.59 Å². The van der Waals surface area contributed by atoms with Gasteiger partial charge in [-0.15, -0.1) is 0 Å². The minimum absolute atomic E-state index is 0.0337. The highest BCUT2D eigenvalue weighted by atomic mass is 19.5. The van der Waals surface area contributed by atoms with E-state index in [-0.39, 0.29) is 12.2 Å². The summed E-state index contributed by atoms with van der Waals surface area (Å²) in [6.45, 7) is -2.44. The number of esters is 5. The molecule has 0 saturated carbocycles. The molecule has 2 saturated heterocycles. The number of halogens is 28. The first-order valence-corrected chi connectivity index (χ1v) is 16.0. The van der Waals surface area contributed by atoms with Crippen molar-refractivity contribution in [3.8, 4) is 0 Å². The van der Waals surface area contributed by atoms with Gasteiger partial charge in [-0.05, 0) is 0 Å². The van der Waals surface area contributed by atoms with Crippen LogP contribution in [0.1, 0.15) is 13.3 Å². The van der Waals surface area contributed by atoms with E-state index in [0.717, 1.165) is 0 Å². The molecule has 0 radical (unpaired) electrons. The first-order chi connectivity index (χ1) is 29.7. The fourth-order valence-corrected chi connectivity index (χ4v) is 4.83. The molecule has 0 aliphatic carbocycles. The number of hydrogen-bond acceptors (Lipinski definition) is 12. The van der Waals surface area contributed by atoms with Crippen LogP contribution in [0.5, 0.6) is 0 Å². The second-order valence-electron chi connectivity index (χ2n) is 13.1. The molecule has 41 heteroatoms. The second kappa shape index (κ2) is 17.3. The van der Waals surface area contributed by atoms with Crippen LogP contribution in [0, 0.1) is 0 Å². The lowest BCUT2D eigenvalue weighted by Gasteiger charge is -2.52. The normalized spacial score (nSPS) is 23.5. The number of ether oxygens (including phenoxy) is 6. The van der Waals surface area contributed by atoms with Crippen LogP contribution in [0.3, 0.4) is 0 Å². The second-order valence-corrected chi connectivity index (χ2v) is 13.1. The summed E-state index contributed by atoms with van der Waals surface area (Å²) in [5.41, 5.74) is 0. The average molecular weight is 1080 g/mol. The predicted octanol–water partition coefficient (Wildman–Crippen LogP) is 6.14. The van der Waals surface area contributed by atoms with Gasteiger partial charge in [0.15, 0.2) is 12.2 Å². The lowest BCUT2D eigenvalue weighted by atomic mass is 9.85. The predicted molar refractivity (Wildman–Crippen MR) is 140 cm³/mol. The molecule has 2 aliphatic rings. The summed E-state index contributed by atoms with van der Waals surface area (Å²) in [6.07, 6.45) is -50.9. The molecule has 0 unspecified atom stereocenters. The number of carbonyl (C=O) groups excluding carboxylic acids is 6. The molecule has 2 rings (SSSR count). The van der Waals surface area contributed by atoms with E-state index in [1.54, 1.807) is 0 Å². The summed E-state index contributed by atoms with van der Waals surface area (Å²) in [7, 11) is 0. The zero-order valence-electron chi connectivity index (χ0n) is 30.8. The molecule has 13 nitrogen and oxygen atoms in total. The van der Waals surface area contributed by atoms with Crippen molar-refractivity contribution >= 4 is 35.8 Å². The summed E-state index contributed by atoms with van der Waals surface area (Å²) in [4.78, 5) is 73.6. The van der Waals surface area contributed by atoms with Crippen molar-refractivity contribution in [2.75, 3.05) is 6.61 Å². The molecule has 2 bridgehead atoms. The number of carbonyl (C=O) groups is 6. The van der Waals surface area contributed by atoms with Crippen molar-refractivity contribution in [3.05, 3.63) is 0 Å². The minimum Gasteiger partial charge on any atom is -0.462 e. The van der Waals surface area contributed by atoms with Gasteiger partial charge in [0, 0.05) is 6.92 Å². The van der Waals surface area contributed by atoms with E-state index in [4.69, 9.17) is 0 Å². The summed E-state index contributed by atoms with van der Waals surface area (Å²) in [6, 6.07) is -4.38. The van der Waals surface area contributed by atoms with Crippen molar-refractivity contribution in [1.29, 1.82) is 0 Å². The fourth-order valence-electron chi connectivity index (χ4n) is 4.83. The number of alkyl halides is 28. The Morgan fingerprint density at radius 3 is 1.34 bits per heavy atom. The Kier molecular flexibility index (Phi) is 15.0. The van der Waals surface area contributed by atoms with Gasteiger partial charge in [-0.1, -0.05) is 0 Å². The molecular weight excluding hydrogens is 1060 g/mol. The van der Waals surface area contributed by atoms with Crippen LogP contribution in [0.15, 0.2) is 0 Å². The fraction of sp³-hybridized carbons (Fsp3) is 0.778. The SMILES string of the molecule is CC(=O)OC[C@@H](OC(=O)C(F)(F)C(F)(F)C(F)(F)F)[C@H]1OC(=O)[C@]2(OC(=O)C(F)(F)C(F)(F)C(F)(F)F)C[C@H](OC(=O)C(F)(F)C(F)(F)C(F)(F)F)[C@@H](NC(=O)C(F)(F)C(F)(F)C(F)(F)F)[C@H]1O2. The van der Waals surface area contributed by atoms with E-state index in [1.807, 2.05) is 0 Å². The van der Waals surface area contributed by atoms with Crippen LogP contribution < -0.4 is 5.32 Å². The Hall–Kier alpha value is -5.18. The van der Waals surface area contributed by atoms with Crippen LogP contribution in [-0.4, -0.2) is 151 Å². The van der Waals surface area contributed by atoms with E-state index >= 15 is 0 Å². The maximum Gasteiger partial charge on any atom is 0.460 e. The zero-order valence-corrected chi connectivity index (χ0v) is 30.8. The van der Waals surface area contributed by atoms with Crippen molar-refractivity contribution in [3.63, 3.8) is 0 Å². The van der Waals surface area contributed by atoms with E-state index in [1.165, 1.54) is 0 Å². The van der Waals surface area contributed by atoms with E-state index in [9.17, 15) is 152 Å². The number of cyclic esters (lactones) is 1. The average Bonchev–Trinajstić information content (AvgIpc) is 3.13. The molecule has 2 fully saturated rings. The summed E-state index contributed by atoms with van der Waals surface area (Å²) >= 11 is 0. The molecule has 0 aromatic rings. The van der Waals surface area contributed by atoms with Gasteiger partial charge in [-0.25, -0.2) is 19.2 Å². The van der Waals surface area contributed by atoms with E-state index in [0.29, 0.717) is 0 Å². The molecule has 2 aliphatic heterocycles. The van der Waals surface area contributed by atoms with E-state index in [2.05, 4.69) is 28.4 Å². The Labute approximate surface area is 350 Å². The van der Waals surface area contributed by atoms with Crippen LogP contribution in [0.2, 0.25) is 0 Å². The molecule has 0 aromatic heterocycles. The number of nitrogens with one attached hydrogen (secondary N) is 1. The Bertz CT molecular complexity index is 1980. The van der Waals surface area contributed by atoms with E-state index < -0.39 is 157 Å². The molecule has 0 spiro atoms. The topological polar surface area (TPSA) is 170 Å². The summed E-state index contributed by atoms with van der Waals surface area (Å²) in [5.74, 6) is -90.2. The summed E-state index contributed by atoms with van der Waals surface area (Å²) in [5, 5.41) is -0.0337. The smallest absolute Gasteiger partial charge is 0.460 e. The largest absolute Gasteiger partial charge is 0.462 e. The first-order valence-electron chi connectivity index (χ1n) is 16.0. The number of rotatable bonds is 15. The lowest BCUT2D eigenvalue weighted by molar-refractivity contribution is -0.369. The molecule has 1 amide bonds. The highest BCUT2D eigenvalue weighted by Gasteiger charge is 2.82. The van der Waals surface area contributed by atoms with Gasteiger partial charge in [0.2, 0.25) is 0 Å². The Morgan fingerprint density at radius 1 is 0.588 bits per heavy atom. The maximum absolute atomic E-state index is 14.5. The minimum atomic E-state index is -7.86. The van der Waals surface area contributed by atoms with Crippen LogP contribution >= 0.6 is 0 Å². The van der Waals surface area contributed by atoms with Crippen LogP contribution in [0.25, 0.3) is 0 Å². The highest BCUT2D eigenvalue weighted by Crippen LogP contribution is 2.53. The molecule has 1 N–H and O–H groups in total. The lowest BCUT2D eigenvalue weighted by Crippen LogP contribution is -2.75. The van der Waals surface area contributed by atoms with Crippen molar-refractivity contribution in [2.24, 2.45) is 0 Å². The first kappa shape index (κ1) is 58.9. The standard InChI is InChI=1S/C27H13F28NO12/c1-4(57)63-3-6(65-13(61)18(32,33)22(40,41)26(50,51)52)8-9-7(56-10(58)16(28,29)20(36,37)24(44,45)46)5(64-12(60)17(30,31)21(38,39)25(47,48)49)2-15(67-9,11(59)66-8)68-14(62)19(34,35)23(42,43)27(53,54)55/h5-9H,2-3H2,1H3,(H,56,58)/t5-,6+,7+,8+,9+,15+/m0/s1. The van der Waals surface area contributed by atoms with Crippen LogP contribution in [-0.2, 0) is 57.2 Å². The molecule has 394 valence electrons.